The van der Waals surface area contributed by atoms with Crippen LogP contribution in [0.2, 0.25) is 0 Å². The van der Waals surface area contributed by atoms with Gasteiger partial charge in [-0.1, -0.05) is 49.4 Å². The lowest BCUT2D eigenvalue weighted by Gasteiger charge is -2.45. The van der Waals surface area contributed by atoms with Crippen LogP contribution in [-0.2, 0) is 10.3 Å². The molecule has 1 aliphatic carbocycles. The Bertz CT molecular complexity index is 839. The largest absolute Gasteiger partial charge is 0.299 e. The third-order valence-electron chi connectivity index (χ3n) is 5.51. The minimum absolute atomic E-state index is 0.182. The molecule has 25 heavy (non-hydrogen) atoms. The molecule has 2 aromatic rings. The summed E-state index contributed by atoms with van der Waals surface area (Å²) in [6, 6.07) is 16.6. The Hall–Kier alpha value is -2.75. The number of nitrogens with zero attached hydrogens (tertiary/aromatic N) is 1. The Labute approximate surface area is 146 Å². The van der Waals surface area contributed by atoms with Crippen LogP contribution >= 0.6 is 0 Å². The normalized spacial score (nSPS) is 26.0. The maximum absolute atomic E-state index is 13.1. The summed E-state index contributed by atoms with van der Waals surface area (Å²) in [5.41, 5.74) is 1.06. The Balaban J connectivity index is 1.87. The van der Waals surface area contributed by atoms with Crippen LogP contribution in [0.15, 0.2) is 54.6 Å². The topological polar surface area (TPSA) is 54.5 Å². The highest BCUT2D eigenvalue weighted by Crippen LogP contribution is 2.46. The van der Waals surface area contributed by atoms with Crippen molar-refractivity contribution in [1.82, 2.24) is 4.90 Å². The second-order valence-corrected chi connectivity index (χ2v) is 6.96. The van der Waals surface area contributed by atoms with E-state index in [9.17, 15) is 14.4 Å². The van der Waals surface area contributed by atoms with Crippen molar-refractivity contribution in [1.29, 1.82) is 0 Å². The van der Waals surface area contributed by atoms with E-state index in [1.165, 1.54) is 4.90 Å². The molecule has 0 spiro atoms. The van der Waals surface area contributed by atoms with E-state index in [4.69, 9.17) is 0 Å². The quantitative estimate of drug-likeness (QED) is 0.790. The summed E-state index contributed by atoms with van der Waals surface area (Å²) in [6.45, 7) is 1.89. The molecule has 0 bridgehead atoms. The van der Waals surface area contributed by atoms with Gasteiger partial charge in [-0.2, -0.15) is 0 Å². The van der Waals surface area contributed by atoms with Crippen LogP contribution in [0.4, 0.5) is 0 Å². The summed E-state index contributed by atoms with van der Waals surface area (Å²) in [5.74, 6) is -0.501. The zero-order chi connectivity index (χ0) is 17.6. The van der Waals surface area contributed by atoms with E-state index < -0.39 is 5.54 Å². The fourth-order valence-corrected chi connectivity index (χ4v) is 4.22. The summed E-state index contributed by atoms with van der Waals surface area (Å²) in [4.78, 5) is 39.7. The third-order valence-corrected chi connectivity index (χ3v) is 5.51. The van der Waals surface area contributed by atoms with Crippen molar-refractivity contribution in [3.8, 4) is 0 Å². The Morgan fingerprint density at radius 1 is 0.880 bits per heavy atom. The van der Waals surface area contributed by atoms with Gasteiger partial charge in [0, 0.05) is 12.3 Å². The van der Waals surface area contributed by atoms with Crippen LogP contribution in [0, 0.1) is 5.92 Å². The van der Waals surface area contributed by atoms with Crippen molar-refractivity contribution in [2.75, 3.05) is 0 Å². The fourth-order valence-electron chi connectivity index (χ4n) is 4.22. The number of imide groups is 1. The zero-order valence-corrected chi connectivity index (χ0v) is 14.1. The van der Waals surface area contributed by atoms with E-state index >= 15 is 0 Å². The molecule has 2 aromatic carbocycles. The lowest BCUT2D eigenvalue weighted by Crippen LogP contribution is -2.53. The Morgan fingerprint density at radius 3 is 2.00 bits per heavy atom. The number of Topliss-reactive ketones (excluding diaryl/α,β-unsaturated/α-hetero) is 1. The first-order valence-corrected chi connectivity index (χ1v) is 8.61. The van der Waals surface area contributed by atoms with Crippen molar-refractivity contribution in [2.24, 2.45) is 5.92 Å². The lowest BCUT2D eigenvalue weighted by atomic mass is 9.70. The van der Waals surface area contributed by atoms with Gasteiger partial charge >= 0.3 is 0 Å². The first-order valence-electron chi connectivity index (χ1n) is 8.61. The molecule has 4 nitrogen and oxygen atoms in total. The molecule has 0 aromatic heterocycles. The molecule has 4 rings (SSSR count). The molecule has 1 fully saturated rings. The number of hydrogen-bond acceptors (Lipinski definition) is 3. The van der Waals surface area contributed by atoms with Gasteiger partial charge in [0.05, 0.1) is 16.7 Å². The summed E-state index contributed by atoms with van der Waals surface area (Å²) < 4.78 is 0. The van der Waals surface area contributed by atoms with Crippen molar-refractivity contribution >= 4 is 17.6 Å². The molecule has 4 heteroatoms. The van der Waals surface area contributed by atoms with Gasteiger partial charge in [-0.25, -0.2) is 0 Å². The SMILES string of the molecule is CC1CC(c2ccccc2)(N2C(=O)c3ccccc3C2=O)CCC1=O. The Morgan fingerprint density at radius 2 is 1.44 bits per heavy atom. The van der Waals surface area contributed by atoms with Crippen LogP contribution < -0.4 is 0 Å². The maximum Gasteiger partial charge on any atom is 0.262 e. The highest BCUT2D eigenvalue weighted by molar-refractivity contribution is 6.22. The highest BCUT2D eigenvalue weighted by atomic mass is 16.2. The number of amides is 2. The minimum Gasteiger partial charge on any atom is -0.299 e. The molecular weight excluding hydrogens is 314 g/mol. The van der Waals surface area contributed by atoms with E-state index in [2.05, 4.69) is 0 Å². The van der Waals surface area contributed by atoms with Gasteiger partial charge in [-0.15, -0.1) is 0 Å². The van der Waals surface area contributed by atoms with Gasteiger partial charge in [0.1, 0.15) is 5.78 Å². The number of hydrogen-bond donors (Lipinski definition) is 0. The molecule has 2 atom stereocenters. The summed E-state index contributed by atoms with van der Waals surface area (Å²) in [7, 11) is 0. The van der Waals surface area contributed by atoms with Gasteiger partial charge in [0.2, 0.25) is 0 Å². The highest BCUT2D eigenvalue weighted by Gasteiger charge is 2.52. The molecule has 1 heterocycles. The molecule has 126 valence electrons. The Kier molecular flexibility index (Phi) is 3.57. The first-order chi connectivity index (χ1) is 12.0. The average Bonchev–Trinajstić information content (AvgIpc) is 2.90. The van der Waals surface area contributed by atoms with Crippen LogP contribution in [-0.4, -0.2) is 22.5 Å². The van der Waals surface area contributed by atoms with Crippen LogP contribution in [0.3, 0.4) is 0 Å². The maximum atomic E-state index is 13.1. The molecule has 1 saturated carbocycles. The molecule has 0 radical (unpaired) electrons. The van der Waals surface area contributed by atoms with Gasteiger partial charge in [-0.05, 0) is 30.5 Å². The summed E-state index contributed by atoms with van der Waals surface area (Å²) in [6.07, 6.45) is 1.33. The van der Waals surface area contributed by atoms with Crippen molar-refractivity contribution < 1.29 is 14.4 Å². The zero-order valence-electron chi connectivity index (χ0n) is 14.1. The minimum atomic E-state index is -0.762. The number of carbonyl (C=O) groups is 3. The van der Waals surface area contributed by atoms with Crippen molar-refractivity contribution in [3.63, 3.8) is 0 Å². The van der Waals surface area contributed by atoms with E-state index in [1.807, 2.05) is 37.3 Å². The first kappa shape index (κ1) is 15.8. The van der Waals surface area contributed by atoms with Gasteiger partial charge in [-0.3, -0.25) is 19.3 Å². The second-order valence-electron chi connectivity index (χ2n) is 6.96. The molecule has 1 aliphatic heterocycles. The lowest BCUT2D eigenvalue weighted by molar-refractivity contribution is -0.127. The number of benzene rings is 2. The van der Waals surface area contributed by atoms with Crippen LogP contribution in [0.5, 0.6) is 0 Å². The average molecular weight is 333 g/mol. The fraction of sp³-hybridized carbons (Fsp3) is 0.286. The number of carbonyl (C=O) groups excluding carboxylic acids is 3. The van der Waals surface area contributed by atoms with E-state index in [0.717, 1.165) is 5.56 Å². The molecule has 2 unspecified atom stereocenters. The molecule has 2 aliphatic rings. The molecule has 0 N–H and O–H groups in total. The molecular formula is C21H19NO3. The van der Waals surface area contributed by atoms with E-state index in [-0.39, 0.29) is 23.5 Å². The predicted octanol–water partition coefficient (Wildman–Crippen LogP) is 3.57. The van der Waals surface area contributed by atoms with Gasteiger partial charge < -0.3 is 0 Å². The van der Waals surface area contributed by atoms with Gasteiger partial charge in [0.15, 0.2) is 0 Å². The summed E-state index contributed by atoms with van der Waals surface area (Å²) >= 11 is 0. The van der Waals surface area contributed by atoms with Crippen LogP contribution in [0.25, 0.3) is 0 Å². The van der Waals surface area contributed by atoms with Crippen LogP contribution in [0.1, 0.15) is 52.5 Å². The molecule has 0 saturated heterocycles. The monoisotopic (exact) mass is 333 g/mol. The van der Waals surface area contributed by atoms with Crippen molar-refractivity contribution in [3.05, 3.63) is 71.3 Å². The number of ketones is 1. The van der Waals surface area contributed by atoms with E-state index in [0.29, 0.717) is 30.4 Å². The standard InChI is InChI=1S/C21H19NO3/c1-14-13-21(12-11-18(14)23,15-7-3-2-4-8-15)22-19(24)16-9-5-6-10-17(16)20(22)25/h2-10,14H,11-13H2,1H3. The van der Waals surface area contributed by atoms with Gasteiger partial charge in [0.25, 0.3) is 11.8 Å². The van der Waals surface area contributed by atoms with Crippen molar-refractivity contribution in [2.45, 2.75) is 31.7 Å². The second kappa shape index (κ2) is 5.66. The number of rotatable bonds is 2. The predicted molar refractivity (Wildman–Crippen MR) is 93.1 cm³/mol. The number of fused-ring (bicyclic) bond motifs is 1. The smallest absolute Gasteiger partial charge is 0.262 e. The third kappa shape index (κ3) is 2.24. The van der Waals surface area contributed by atoms with E-state index in [1.54, 1.807) is 24.3 Å². The summed E-state index contributed by atoms with van der Waals surface area (Å²) in [5, 5.41) is 0. The molecule has 2 amide bonds.